The summed E-state index contributed by atoms with van der Waals surface area (Å²) in [6, 6.07) is 0.310. The van der Waals surface area contributed by atoms with Crippen LogP contribution in [0.25, 0.3) is 0 Å². The van der Waals surface area contributed by atoms with E-state index in [0.29, 0.717) is 18.1 Å². The summed E-state index contributed by atoms with van der Waals surface area (Å²) < 4.78 is 12.3. The fourth-order valence-electron chi connectivity index (χ4n) is 3.34. The predicted octanol–water partition coefficient (Wildman–Crippen LogP) is 0.721. The third kappa shape index (κ3) is 4.70. The van der Waals surface area contributed by atoms with Crippen molar-refractivity contribution >= 4 is 5.96 Å². The van der Waals surface area contributed by atoms with Crippen molar-refractivity contribution in [3.63, 3.8) is 0 Å². The van der Waals surface area contributed by atoms with Crippen LogP contribution in [0.5, 0.6) is 0 Å². The average Bonchev–Trinajstić information content (AvgIpc) is 3.28. The van der Waals surface area contributed by atoms with Crippen molar-refractivity contribution in [2.24, 2.45) is 10.4 Å². The first-order valence-electron chi connectivity index (χ1n) is 9.06. The third-order valence-corrected chi connectivity index (χ3v) is 5.16. The minimum atomic E-state index is 0.310. The largest absolute Gasteiger partial charge is 0.385 e. The van der Waals surface area contributed by atoms with Crippen molar-refractivity contribution < 1.29 is 9.47 Å². The van der Waals surface area contributed by atoms with Gasteiger partial charge in [-0.05, 0) is 31.1 Å². The van der Waals surface area contributed by atoms with Gasteiger partial charge in [0, 0.05) is 46.9 Å². The lowest BCUT2D eigenvalue weighted by atomic mass is 10.0. The third-order valence-electron chi connectivity index (χ3n) is 5.16. The smallest absolute Gasteiger partial charge is 0.191 e. The standard InChI is InChI=1S/C17H30N6O2/c1-18-16(19-12-17(6-7-17)8-9-24-2)20-13-4-5-15-21-14(11-25-3)22-23(15)10-13/h13H,4-12H2,1-3H3,(H2,18,19,20). The number of nitrogens with zero attached hydrogens (tertiary/aromatic N) is 4. The number of aryl methyl sites for hydroxylation is 1. The molecule has 0 bridgehead atoms. The normalized spacial score (nSPS) is 21.7. The lowest BCUT2D eigenvalue weighted by Gasteiger charge is -2.26. The molecule has 1 aliphatic heterocycles. The number of hydrogen-bond acceptors (Lipinski definition) is 5. The Morgan fingerprint density at radius 1 is 1.36 bits per heavy atom. The van der Waals surface area contributed by atoms with Crippen molar-refractivity contribution in [2.45, 2.75) is 51.3 Å². The molecule has 0 saturated heterocycles. The predicted molar refractivity (Wildman–Crippen MR) is 95.5 cm³/mol. The highest BCUT2D eigenvalue weighted by molar-refractivity contribution is 5.80. The van der Waals surface area contributed by atoms with Crippen LogP contribution < -0.4 is 10.6 Å². The molecular formula is C17H30N6O2. The fourth-order valence-corrected chi connectivity index (χ4v) is 3.34. The number of methoxy groups -OCH3 is 2. The zero-order chi connectivity index (χ0) is 17.7. The molecule has 1 fully saturated rings. The Balaban J connectivity index is 1.49. The van der Waals surface area contributed by atoms with Crippen LogP contribution in [0.2, 0.25) is 0 Å². The molecule has 140 valence electrons. The van der Waals surface area contributed by atoms with Gasteiger partial charge >= 0.3 is 0 Å². The number of fused-ring (bicyclic) bond motifs is 1. The summed E-state index contributed by atoms with van der Waals surface area (Å²) in [7, 11) is 5.26. The van der Waals surface area contributed by atoms with E-state index in [-0.39, 0.29) is 0 Å². The van der Waals surface area contributed by atoms with E-state index in [1.807, 2.05) is 11.7 Å². The van der Waals surface area contributed by atoms with Gasteiger partial charge in [0.25, 0.3) is 0 Å². The molecule has 0 radical (unpaired) electrons. The Morgan fingerprint density at radius 2 is 2.20 bits per heavy atom. The molecule has 1 aromatic rings. The first-order valence-corrected chi connectivity index (χ1v) is 9.06. The van der Waals surface area contributed by atoms with Gasteiger partial charge in [0.2, 0.25) is 0 Å². The molecule has 2 aliphatic rings. The number of rotatable bonds is 8. The van der Waals surface area contributed by atoms with E-state index in [1.54, 1.807) is 14.2 Å². The summed E-state index contributed by atoms with van der Waals surface area (Å²) in [5.74, 6) is 2.67. The van der Waals surface area contributed by atoms with E-state index >= 15 is 0 Å². The molecule has 2 N–H and O–H groups in total. The molecule has 1 aromatic heterocycles. The van der Waals surface area contributed by atoms with Crippen LogP contribution in [0.15, 0.2) is 4.99 Å². The Labute approximate surface area is 149 Å². The summed E-state index contributed by atoms with van der Waals surface area (Å²) in [5.41, 5.74) is 0.397. The topological polar surface area (TPSA) is 85.6 Å². The van der Waals surface area contributed by atoms with Crippen LogP contribution in [-0.2, 0) is 29.0 Å². The minimum absolute atomic E-state index is 0.310. The van der Waals surface area contributed by atoms with E-state index in [0.717, 1.165) is 56.6 Å². The van der Waals surface area contributed by atoms with Gasteiger partial charge < -0.3 is 20.1 Å². The van der Waals surface area contributed by atoms with Crippen molar-refractivity contribution in [2.75, 3.05) is 34.4 Å². The number of aromatic nitrogens is 3. The van der Waals surface area contributed by atoms with Gasteiger partial charge in [-0.1, -0.05) is 0 Å². The second-order valence-electron chi connectivity index (χ2n) is 7.11. The van der Waals surface area contributed by atoms with E-state index in [4.69, 9.17) is 9.47 Å². The molecule has 0 spiro atoms. The second kappa shape index (κ2) is 8.14. The van der Waals surface area contributed by atoms with Crippen LogP contribution in [0.1, 0.15) is 37.3 Å². The zero-order valence-corrected chi connectivity index (χ0v) is 15.5. The molecule has 3 rings (SSSR count). The fraction of sp³-hybridized carbons (Fsp3) is 0.824. The Kier molecular flexibility index (Phi) is 5.90. The highest BCUT2D eigenvalue weighted by atomic mass is 16.5. The maximum absolute atomic E-state index is 5.23. The van der Waals surface area contributed by atoms with Crippen molar-refractivity contribution in [3.05, 3.63) is 11.6 Å². The van der Waals surface area contributed by atoms with E-state index < -0.39 is 0 Å². The highest BCUT2D eigenvalue weighted by Gasteiger charge is 2.42. The quantitative estimate of drug-likeness (QED) is 0.531. The van der Waals surface area contributed by atoms with Crippen molar-refractivity contribution in [1.29, 1.82) is 0 Å². The SMILES string of the molecule is CN=C(NCC1(CCOC)CC1)NC1CCc2nc(COC)nn2C1. The van der Waals surface area contributed by atoms with Crippen molar-refractivity contribution in [1.82, 2.24) is 25.4 Å². The number of nitrogens with one attached hydrogen (secondary N) is 2. The first-order chi connectivity index (χ1) is 12.2. The zero-order valence-electron chi connectivity index (χ0n) is 15.5. The van der Waals surface area contributed by atoms with E-state index in [2.05, 4.69) is 25.7 Å². The molecule has 25 heavy (non-hydrogen) atoms. The summed E-state index contributed by atoms with van der Waals surface area (Å²) >= 11 is 0. The number of hydrogen-bond donors (Lipinski definition) is 2. The molecule has 0 amide bonds. The Bertz CT molecular complexity index is 596. The number of ether oxygens (including phenoxy) is 2. The summed E-state index contributed by atoms with van der Waals surface area (Å²) in [6.45, 7) is 3.05. The van der Waals surface area contributed by atoms with Crippen LogP contribution >= 0.6 is 0 Å². The molecule has 0 aromatic carbocycles. The minimum Gasteiger partial charge on any atom is -0.385 e. The molecule has 2 heterocycles. The summed E-state index contributed by atoms with van der Waals surface area (Å²) in [6.07, 6.45) is 5.61. The molecule has 1 saturated carbocycles. The molecule has 8 nitrogen and oxygen atoms in total. The number of guanidine groups is 1. The molecule has 1 aliphatic carbocycles. The van der Waals surface area contributed by atoms with Gasteiger partial charge in [0.05, 0.1) is 6.54 Å². The van der Waals surface area contributed by atoms with Gasteiger partial charge in [-0.2, -0.15) is 5.10 Å². The van der Waals surface area contributed by atoms with Crippen LogP contribution in [-0.4, -0.2) is 61.2 Å². The Hall–Kier alpha value is -1.67. The summed E-state index contributed by atoms with van der Waals surface area (Å²) in [4.78, 5) is 8.90. The first kappa shape index (κ1) is 18.1. The Morgan fingerprint density at radius 3 is 2.88 bits per heavy atom. The van der Waals surface area contributed by atoms with Gasteiger partial charge in [-0.3, -0.25) is 4.99 Å². The maximum Gasteiger partial charge on any atom is 0.191 e. The molecule has 1 unspecified atom stereocenters. The van der Waals surface area contributed by atoms with E-state index in [9.17, 15) is 0 Å². The van der Waals surface area contributed by atoms with Crippen LogP contribution in [0.3, 0.4) is 0 Å². The summed E-state index contributed by atoms with van der Waals surface area (Å²) in [5, 5.41) is 11.5. The monoisotopic (exact) mass is 350 g/mol. The molecule has 8 heteroatoms. The lowest BCUT2D eigenvalue weighted by molar-refractivity contribution is 0.172. The molecular weight excluding hydrogens is 320 g/mol. The van der Waals surface area contributed by atoms with E-state index in [1.165, 1.54) is 12.8 Å². The second-order valence-corrected chi connectivity index (χ2v) is 7.11. The van der Waals surface area contributed by atoms with Gasteiger partial charge in [0.1, 0.15) is 12.4 Å². The average molecular weight is 350 g/mol. The number of aliphatic imine (C=N–C) groups is 1. The van der Waals surface area contributed by atoms with Gasteiger partial charge in [-0.25, -0.2) is 9.67 Å². The molecule has 1 atom stereocenters. The highest BCUT2D eigenvalue weighted by Crippen LogP contribution is 2.48. The lowest BCUT2D eigenvalue weighted by Crippen LogP contribution is -2.48. The van der Waals surface area contributed by atoms with Gasteiger partial charge in [-0.15, -0.1) is 0 Å². The van der Waals surface area contributed by atoms with Crippen LogP contribution in [0.4, 0.5) is 0 Å². The maximum atomic E-state index is 5.23. The van der Waals surface area contributed by atoms with Crippen molar-refractivity contribution in [3.8, 4) is 0 Å². The van der Waals surface area contributed by atoms with Gasteiger partial charge in [0.15, 0.2) is 11.8 Å². The van der Waals surface area contributed by atoms with Crippen LogP contribution in [0, 0.1) is 5.41 Å².